The Balaban J connectivity index is -0.000000405. The van der Waals surface area contributed by atoms with Gasteiger partial charge in [-0.05, 0) is 0 Å². The van der Waals surface area contributed by atoms with Gasteiger partial charge in [-0.15, -0.1) is 0 Å². The van der Waals surface area contributed by atoms with E-state index in [-0.39, 0.29) is 69.9 Å². The molecule has 6 nitrogen and oxygen atoms in total. The fourth-order valence-corrected chi connectivity index (χ4v) is 1.26. The van der Waals surface area contributed by atoms with Crippen LogP contribution in [0.1, 0.15) is 0 Å². The van der Waals surface area contributed by atoms with Crippen molar-refractivity contribution in [2.24, 2.45) is 0 Å². The molecule has 0 amide bonds. The van der Waals surface area contributed by atoms with E-state index in [0.29, 0.717) is 0 Å². The topological polar surface area (TPSA) is 109 Å². The molecule has 10 heteroatoms. The Labute approximate surface area is 114 Å². The van der Waals surface area contributed by atoms with Crippen LogP contribution in [0.3, 0.4) is 0 Å². The summed E-state index contributed by atoms with van der Waals surface area (Å²) in [5.41, 5.74) is 0. The molecule has 0 atom stereocenters. The Morgan fingerprint density at radius 2 is 0.917 bits per heavy atom. The second-order valence-electron chi connectivity index (χ2n) is 1.30. The molecule has 0 aromatic heterocycles. The SMILES string of the molecule is O=S(=O)(O)C=CS(=O)(=O)O.[NaH].[NaH]. The third-order valence-corrected chi connectivity index (χ3v) is 1.53. The summed E-state index contributed by atoms with van der Waals surface area (Å²) in [5, 5.41) is -0.0787. The van der Waals surface area contributed by atoms with Gasteiger partial charge in [0.15, 0.2) is 0 Å². The standard InChI is InChI=1S/C2H4O6S2.2Na.2H/c3-9(4,5)1-2-10(6,7)8;;;;/h1-2H,(H,3,4,5)(H,6,7,8);;;;. The molecular formula is C2H6Na2O6S2. The Bertz CT molecular complexity index is 291. The summed E-state index contributed by atoms with van der Waals surface area (Å²) < 4.78 is 54.9. The normalized spacial score (nSPS) is 11.8. The summed E-state index contributed by atoms with van der Waals surface area (Å²) >= 11 is 0. The third kappa shape index (κ3) is 17.6. The van der Waals surface area contributed by atoms with Gasteiger partial charge in [0.05, 0.1) is 10.8 Å². The van der Waals surface area contributed by atoms with E-state index in [9.17, 15) is 16.8 Å². The quantitative estimate of drug-likeness (QED) is 0.421. The van der Waals surface area contributed by atoms with Crippen molar-refractivity contribution in [1.29, 1.82) is 0 Å². The number of rotatable bonds is 2. The maximum atomic E-state index is 9.77. The van der Waals surface area contributed by atoms with E-state index in [0.717, 1.165) is 0 Å². The zero-order chi connectivity index (χ0) is 8.41. The fourth-order valence-electron chi connectivity index (χ4n) is 0.140. The molecule has 0 rings (SSSR count). The molecule has 64 valence electrons. The van der Waals surface area contributed by atoms with Gasteiger partial charge in [0, 0.05) is 0 Å². The van der Waals surface area contributed by atoms with Crippen molar-refractivity contribution >= 4 is 79.4 Å². The zero-order valence-electron chi connectivity index (χ0n) is 4.50. The molecule has 0 aliphatic carbocycles. The minimum absolute atomic E-state index is 0. The van der Waals surface area contributed by atoms with Crippen molar-refractivity contribution in [1.82, 2.24) is 0 Å². The second kappa shape index (κ2) is 6.93. The van der Waals surface area contributed by atoms with Gasteiger partial charge in [-0.2, -0.15) is 16.8 Å². The first kappa shape index (κ1) is 19.2. The van der Waals surface area contributed by atoms with Crippen LogP contribution in [0, 0.1) is 0 Å². The van der Waals surface area contributed by atoms with Crippen molar-refractivity contribution in [2.45, 2.75) is 0 Å². The molecule has 12 heavy (non-hydrogen) atoms. The van der Waals surface area contributed by atoms with Gasteiger partial charge in [0.25, 0.3) is 20.2 Å². The van der Waals surface area contributed by atoms with Crippen LogP contribution in [0.15, 0.2) is 10.8 Å². The fraction of sp³-hybridized carbons (Fsp3) is 0. The summed E-state index contributed by atoms with van der Waals surface area (Å²) in [7, 11) is -8.95. The van der Waals surface area contributed by atoms with E-state index in [1.165, 1.54) is 0 Å². The van der Waals surface area contributed by atoms with Gasteiger partial charge in [-0.25, -0.2) is 0 Å². The summed E-state index contributed by atoms with van der Waals surface area (Å²) in [6.45, 7) is 0. The molecule has 0 unspecified atom stereocenters. The van der Waals surface area contributed by atoms with Gasteiger partial charge in [-0.3, -0.25) is 9.11 Å². The third-order valence-electron chi connectivity index (χ3n) is 0.399. The Hall–Kier alpha value is 1.56. The first-order valence-corrected chi connectivity index (χ1v) is 4.84. The van der Waals surface area contributed by atoms with Gasteiger partial charge in [0.2, 0.25) is 0 Å². The Kier molecular flexibility index (Phi) is 11.1. The monoisotopic (exact) mass is 236 g/mol. The minimum atomic E-state index is -4.48. The summed E-state index contributed by atoms with van der Waals surface area (Å²) in [6, 6.07) is 0. The molecule has 2 N–H and O–H groups in total. The van der Waals surface area contributed by atoms with E-state index in [4.69, 9.17) is 9.11 Å². The Morgan fingerprint density at radius 3 is 1.00 bits per heavy atom. The van der Waals surface area contributed by atoms with E-state index < -0.39 is 20.2 Å². The van der Waals surface area contributed by atoms with Crippen LogP contribution in [0.2, 0.25) is 0 Å². The summed E-state index contributed by atoms with van der Waals surface area (Å²) in [4.78, 5) is 0. The van der Waals surface area contributed by atoms with Crippen molar-refractivity contribution in [3.63, 3.8) is 0 Å². The maximum absolute atomic E-state index is 9.77. The summed E-state index contributed by atoms with van der Waals surface area (Å²) in [6.07, 6.45) is 0. The van der Waals surface area contributed by atoms with E-state index in [2.05, 4.69) is 0 Å². The second-order valence-corrected chi connectivity index (χ2v) is 3.91. The molecule has 0 bridgehead atoms. The molecule has 0 spiro atoms. The molecule has 0 aliphatic heterocycles. The molecule has 0 heterocycles. The number of hydrogen-bond donors (Lipinski definition) is 2. The van der Waals surface area contributed by atoms with Crippen LogP contribution < -0.4 is 0 Å². The van der Waals surface area contributed by atoms with Crippen LogP contribution in [-0.4, -0.2) is 85.1 Å². The predicted octanol–water partition coefficient (Wildman–Crippen LogP) is -2.06. The van der Waals surface area contributed by atoms with E-state index in [1.54, 1.807) is 0 Å². The Morgan fingerprint density at radius 1 is 0.750 bits per heavy atom. The molecular weight excluding hydrogens is 230 g/mol. The van der Waals surface area contributed by atoms with Gasteiger partial charge < -0.3 is 0 Å². The van der Waals surface area contributed by atoms with E-state index >= 15 is 0 Å². The predicted molar refractivity (Wildman–Crippen MR) is 46.5 cm³/mol. The molecule has 0 fully saturated rings. The van der Waals surface area contributed by atoms with Crippen LogP contribution in [-0.2, 0) is 20.2 Å². The molecule has 0 radical (unpaired) electrons. The average molecular weight is 236 g/mol. The molecule has 0 saturated carbocycles. The molecule has 0 aromatic rings. The van der Waals surface area contributed by atoms with E-state index in [1.807, 2.05) is 0 Å². The number of hydrogen-bond acceptors (Lipinski definition) is 4. The zero-order valence-corrected chi connectivity index (χ0v) is 6.13. The van der Waals surface area contributed by atoms with Crippen LogP contribution in [0.25, 0.3) is 0 Å². The van der Waals surface area contributed by atoms with Gasteiger partial charge >= 0.3 is 59.1 Å². The van der Waals surface area contributed by atoms with Crippen LogP contribution in [0.5, 0.6) is 0 Å². The first-order valence-electron chi connectivity index (χ1n) is 1.84. The summed E-state index contributed by atoms with van der Waals surface area (Å²) in [5.74, 6) is 0. The molecule has 0 aliphatic rings. The van der Waals surface area contributed by atoms with Crippen molar-refractivity contribution in [3.8, 4) is 0 Å². The van der Waals surface area contributed by atoms with Crippen molar-refractivity contribution < 1.29 is 25.9 Å². The van der Waals surface area contributed by atoms with Crippen molar-refractivity contribution in [3.05, 3.63) is 10.8 Å². The first-order chi connectivity index (χ1) is 4.21. The van der Waals surface area contributed by atoms with Crippen molar-refractivity contribution in [2.75, 3.05) is 0 Å². The van der Waals surface area contributed by atoms with Gasteiger partial charge in [0.1, 0.15) is 0 Å². The van der Waals surface area contributed by atoms with Gasteiger partial charge in [-0.1, -0.05) is 0 Å². The van der Waals surface area contributed by atoms with Crippen LogP contribution >= 0.6 is 0 Å². The molecule has 0 aromatic carbocycles. The average Bonchev–Trinajstić information content (AvgIpc) is 1.57. The van der Waals surface area contributed by atoms with Crippen LogP contribution in [0.4, 0.5) is 0 Å². The molecule has 0 saturated heterocycles.